The van der Waals surface area contributed by atoms with Gasteiger partial charge in [0.25, 0.3) is 0 Å². The number of rotatable bonds is 3. The van der Waals surface area contributed by atoms with Crippen LogP contribution in [0.5, 0.6) is 0 Å². The number of thioether (sulfide) groups is 1. The van der Waals surface area contributed by atoms with Crippen molar-refractivity contribution in [3.63, 3.8) is 0 Å². The highest BCUT2D eigenvalue weighted by atomic mass is 32.2. The molecule has 3 N–H and O–H groups in total. The number of nitrogens with one attached hydrogen (secondary N) is 1. The van der Waals surface area contributed by atoms with Gasteiger partial charge in [-0.2, -0.15) is 11.8 Å². The van der Waals surface area contributed by atoms with E-state index in [2.05, 4.69) is 5.32 Å². The topological polar surface area (TPSA) is 89.9 Å². The first-order valence-electron chi connectivity index (χ1n) is 5.12. The molecule has 1 aliphatic heterocycles. The smallest absolute Gasteiger partial charge is 0.328 e. The van der Waals surface area contributed by atoms with Gasteiger partial charge in [-0.25, -0.2) is 9.59 Å². The zero-order chi connectivity index (χ0) is 12.0. The molecular weight excluding hydrogens is 232 g/mol. The van der Waals surface area contributed by atoms with Gasteiger partial charge >= 0.3 is 12.0 Å². The lowest BCUT2D eigenvalue weighted by molar-refractivity contribution is -0.140. The molecule has 16 heavy (non-hydrogen) atoms. The largest absolute Gasteiger partial charge is 0.480 e. The van der Waals surface area contributed by atoms with E-state index in [1.807, 2.05) is 0 Å². The summed E-state index contributed by atoms with van der Waals surface area (Å²) in [5.74, 6) is 0.663. The molecule has 1 fully saturated rings. The lowest BCUT2D eigenvalue weighted by Gasteiger charge is -2.22. The van der Waals surface area contributed by atoms with Crippen LogP contribution in [0, 0.1) is 0 Å². The fourth-order valence-corrected chi connectivity index (χ4v) is 2.26. The number of carbonyl (C=O) groups is 2. The fraction of sp³-hybridized carbons (Fsp3) is 0.778. The number of urea groups is 1. The Balaban J connectivity index is 2.46. The number of aliphatic hydroxyl groups excluding tert-OH is 1. The summed E-state index contributed by atoms with van der Waals surface area (Å²) < 4.78 is 0. The SMILES string of the molecule is O=C(O)[C@@H](CO)NC(=O)N1CCCSCC1. The van der Waals surface area contributed by atoms with Crippen molar-refractivity contribution in [2.24, 2.45) is 0 Å². The molecule has 2 amide bonds. The van der Waals surface area contributed by atoms with Crippen LogP contribution in [-0.4, -0.2) is 64.4 Å². The Hall–Kier alpha value is -0.950. The minimum absolute atomic E-state index is 0.413. The standard InChI is InChI=1S/C9H16N2O4S/c12-6-7(8(13)14)10-9(15)11-2-1-4-16-5-3-11/h7,12H,1-6H2,(H,10,15)(H,13,14)/t7-/m1/s1. The van der Waals surface area contributed by atoms with Crippen LogP contribution in [0.25, 0.3) is 0 Å². The van der Waals surface area contributed by atoms with E-state index in [0.29, 0.717) is 13.1 Å². The first-order chi connectivity index (χ1) is 7.65. The summed E-state index contributed by atoms with van der Waals surface area (Å²) in [7, 11) is 0. The van der Waals surface area contributed by atoms with Crippen molar-refractivity contribution < 1.29 is 19.8 Å². The van der Waals surface area contributed by atoms with Gasteiger partial charge in [0, 0.05) is 18.8 Å². The van der Waals surface area contributed by atoms with Crippen molar-refractivity contribution in [1.82, 2.24) is 10.2 Å². The molecule has 0 saturated carbocycles. The highest BCUT2D eigenvalue weighted by Gasteiger charge is 2.22. The highest BCUT2D eigenvalue weighted by molar-refractivity contribution is 7.99. The van der Waals surface area contributed by atoms with E-state index in [4.69, 9.17) is 10.2 Å². The van der Waals surface area contributed by atoms with Crippen molar-refractivity contribution in [1.29, 1.82) is 0 Å². The third-order valence-electron chi connectivity index (χ3n) is 2.29. The van der Waals surface area contributed by atoms with Crippen molar-refractivity contribution in [3.05, 3.63) is 0 Å². The monoisotopic (exact) mass is 248 g/mol. The van der Waals surface area contributed by atoms with Crippen LogP contribution in [-0.2, 0) is 4.79 Å². The lowest BCUT2D eigenvalue weighted by atomic mass is 10.3. The van der Waals surface area contributed by atoms with E-state index >= 15 is 0 Å². The summed E-state index contributed by atoms with van der Waals surface area (Å²) >= 11 is 1.78. The predicted octanol–water partition coefficient (Wildman–Crippen LogP) is -0.420. The van der Waals surface area contributed by atoms with Crippen LogP contribution in [0.3, 0.4) is 0 Å². The van der Waals surface area contributed by atoms with Crippen molar-refractivity contribution >= 4 is 23.8 Å². The minimum atomic E-state index is -1.22. The molecule has 1 rings (SSSR count). The van der Waals surface area contributed by atoms with Crippen LogP contribution in [0.15, 0.2) is 0 Å². The number of nitrogens with zero attached hydrogens (tertiary/aromatic N) is 1. The molecule has 6 nitrogen and oxygen atoms in total. The molecular formula is C9H16N2O4S. The normalized spacial score (nSPS) is 18.7. The second-order valence-electron chi connectivity index (χ2n) is 3.48. The van der Waals surface area contributed by atoms with Crippen LogP contribution >= 0.6 is 11.8 Å². The summed E-state index contributed by atoms with van der Waals surface area (Å²) in [6.45, 7) is 0.661. The summed E-state index contributed by atoms with van der Waals surface area (Å²) in [4.78, 5) is 23.9. The molecule has 1 aliphatic rings. The van der Waals surface area contributed by atoms with E-state index < -0.39 is 24.6 Å². The Labute approximate surface area is 98.0 Å². The van der Waals surface area contributed by atoms with E-state index in [0.717, 1.165) is 17.9 Å². The van der Waals surface area contributed by atoms with Gasteiger partial charge in [0.2, 0.25) is 0 Å². The van der Waals surface area contributed by atoms with Gasteiger partial charge in [-0.3, -0.25) is 0 Å². The second kappa shape index (κ2) is 6.59. The number of carboxylic acids is 1. The van der Waals surface area contributed by atoms with Gasteiger partial charge in [-0.15, -0.1) is 0 Å². The van der Waals surface area contributed by atoms with E-state index in [-0.39, 0.29) is 0 Å². The molecule has 92 valence electrons. The Morgan fingerprint density at radius 1 is 1.38 bits per heavy atom. The maximum absolute atomic E-state index is 11.7. The van der Waals surface area contributed by atoms with E-state index in [9.17, 15) is 9.59 Å². The highest BCUT2D eigenvalue weighted by Crippen LogP contribution is 2.09. The molecule has 1 atom stereocenters. The van der Waals surface area contributed by atoms with E-state index in [1.54, 1.807) is 16.7 Å². The van der Waals surface area contributed by atoms with Crippen LogP contribution < -0.4 is 5.32 Å². The van der Waals surface area contributed by atoms with Gasteiger partial charge in [-0.05, 0) is 12.2 Å². The van der Waals surface area contributed by atoms with Gasteiger partial charge in [-0.1, -0.05) is 0 Å². The van der Waals surface area contributed by atoms with E-state index in [1.165, 1.54) is 0 Å². The molecule has 0 radical (unpaired) electrons. The number of carboxylic acid groups (broad SMARTS) is 1. The maximum Gasteiger partial charge on any atom is 0.328 e. The number of aliphatic carboxylic acids is 1. The molecule has 0 unspecified atom stereocenters. The molecule has 1 saturated heterocycles. The quantitative estimate of drug-likeness (QED) is 0.631. The Kier molecular flexibility index (Phi) is 5.41. The lowest BCUT2D eigenvalue weighted by Crippen LogP contribution is -2.50. The average molecular weight is 248 g/mol. The summed E-state index contributed by atoms with van der Waals surface area (Å²) in [5.41, 5.74) is 0. The minimum Gasteiger partial charge on any atom is -0.480 e. The molecule has 0 aromatic heterocycles. The molecule has 0 spiro atoms. The van der Waals surface area contributed by atoms with Crippen molar-refractivity contribution in [2.45, 2.75) is 12.5 Å². The first kappa shape index (κ1) is 13.1. The Morgan fingerprint density at radius 2 is 2.12 bits per heavy atom. The van der Waals surface area contributed by atoms with Crippen LogP contribution in [0.4, 0.5) is 4.79 Å². The van der Waals surface area contributed by atoms with Crippen LogP contribution in [0.2, 0.25) is 0 Å². The molecule has 0 aromatic carbocycles. The summed E-state index contributed by atoms with van der Waals surface area (Å²) in [5, 5.41) is 19.8. The summed E-state index contributed by atoms with van der Waals surface area (Å²) in [6.07, 6.45) is 0.912. The average Bonchev–Trinajstić information content (AvgIpc) is 2.53. The number of aliphatic hydroxyl groups is 1. The number of hydrogen-bond donors (Lipinski definition) is 3. The van der Waals surface area contributed by atoms with Crippen LogP contribution in [0.1, 0.15) is 6.42 Å². The Bertz CT molecular complexity index is 254. The van der Waals surface area contributed by atoms with Gasteiger partial charge in [0.05, 0.1) is 6.61 Å². The van der Waals surface area contributed by atoms with Gasteiger partial charge in [0.1, 0.15) is 0 Å². The molecule has 0 aliphatic carbocycles. The molecule has 0 aromatic rings. The molecule has 0 bridgehead atoms. The zero-order valence-electron chi connectivity index (χ0n) is 8.89. The third kappa shape index (κ3) is 3.90. The predicted molar refractivity (Wildman–Crippen MR) is 60.6 cm³/mol. The molecule has 1 heterocycles. The van der Waals surface area contributed by atoms with Gasteiger partial charge < -0.3 is 20.4 Å². The Morgan fingerprint density at radius 3 is 2.75 bits per heavy atom. The van der Waals surface area contributed by atoms with Gasteiger partial charge in [0.15, 0.2) is 6.04 Å². The second-order valence-corrected chi connectivity index (χ2v) is 4.70. The first-order valence-corrected chi connectivity index (χ1v) is 6.27. The number of hydrogen-bond acceptors (Lipinski definition) is 4. The maximum atomic E-state index is 11.7. The fourth-order valence-electron chi connectivity index (χ4n) is 1.37. The number of amides is 2. The zero-order valence-corrected chi connectivity index (χ0v) is 9.70. The van der Waals surface area contributed by atoms with Crippen molar-refractivity contribution in [2.75, 3.05) is 31.2 Å². The number of carbonyl (C=O) groups excluding carboxylic acids is 1. The van der Waals surface area contributed by atoms with Crippen molar-refractivity contribution in [3.8, 4) is 0 Å². The third-order valence-corrected chi connectivity index (χ3v) is 3.34. The summed E-state index contributed by atoms with van der Waals surface area (Å²) in [6, 6.07) is -1.63. The molecule has 7 heteroatoms.